The standard InChI is InChI=1S/C22H26N2O3S/c1-11(2)13-4-6-14(7-5-13)19-12(3)28-22(23-19)24-20(25)17-15-8-9-16(10-15)18(17)21(26)27/h4-7,11,15-18H,8-10H2,1-3H3,(H,26,27)(H,23,24,25)/t15-,16-,17+,18-/m0/s1. The third-order valence-electron chi connectivity index (χ3n) is 6.38. The van der Waals surface area contributed by atoms with Gasteiger partial charge in [-0.3, -0.25) is 9.59 Å². The Bertz CT molecular complexity index is 903. The number of carbonyl (C=O) groups excluding carboxylic acids is 1. The van der Waals surface area contributed by atoms with Crippen molar-refractivity contribution in [3.05, 3.63) is 34.7 Å². The van der Waals surface area contributed by atoms with Gasteiger partial charge in [0.25, 0.3) is 0 Å². The van der Waals surface area contributed by atoms with Crippen LogP contribution in [0.2, 0.25) is 0 Å². The average molecular weight is 399 g/mol. The molecule has 0 unspecified atom stereocenters. The van der Waals surface area contributed by atoms with Gasteiger partial charge in [-0.05, 0) is 49.5 Å². The number of thiazole rings is 1. The van der Waals surface area contributed by atoms with E-state index in [9.17, 15) is 14.7 Å². The van der Waals surface area contributed by atoms with Gasteiger partial charge >= 0.3 is 5.97 Å². The molecule has 0 aliphatic heterocycles. The molecule has 6 heteroatoms. The van der Waals surface area contributed by atoms with Gasteiger partial charge < -0.3 is 10.4 Å². The van der Waals surface area contributed by atoms with E-state index >= 15 is 0 Å². The highest BCUT2D eigenvalue weighted by Gasteiger charge is 2.54. The summed E-state index contributed by atoms with van der Waals surface area (Å²) >= 11 is 1.45. The number of carboxylic acids is 1. The Hall–Kier alpha value is -2.21. The van der Waals surface area contributed by atoms with Gasteiger partial charge in [-0.1, -0.05) is 38.1 Å². The molecule has 2 bridgehead atoms. The van der Waals surface area contributed by atoms with Crippen molar-refractivity contribution in [3.8, 4) is 11.3 Å². The molecule has 2 saturated carbocycles. The number of aromatic nitrogens is 1. The van der Waals surface area contributed by atoms with E-state index in [2.05, 4.69) is 48.4 Å². The lowest BCUT2D eigenvalue weighted by Crippen LogP contribution is -2.37. The number of nitrogens with one attached hydrogen (secondary N) is 1. The number of benzene rings is 1. The van der Waals surface area contributed by atoms with E-state index in [0.717, 1.165) is 35.4 Å². The second-order valence-electron chi connectivity index (χ2n) is 8.41. The smallest absolute Gasteiger partial charge is 0.307 e. The van der Waals surface area contributed by atoms with Crippen LogP contribution >= 0.6 is 11.3 Å². The van der Waals surface area contributed by atoms with Crippen LogP contribution in [0.4, 0.5) is 5.13 Å². The molecule has 2 aliphatic carbocycles. The highest BCUT2D eigenvalue weighted by Crippen LogP contribution is 2.52. The summed E-state index contributed by atoms with van der Waals surface area (Å²) in [6, 6.07) is 8.37. The van der Waals surface area contributed by atoms with Crippen molar-refractivity contribution in [3.63, 3.8) is 0 Å². The Labute approximate surface area is 169 Å². The molecule has 1 heterocycles. The highest BCUT2D eigenvalue weighted by atomic mass is 32.1. The lowest BCUT2D eigenvalue weighted by molar-refractivity contribution is -0.148. The highest BCUT2D eigenvalue weighted by molar-refractivity contribution is 7.16. The number of aliphatic carboxylic acids is 1. The minimum absolute atomic E-state index is 0.145. The molecule has 0 saturated heterocycles. The summed E-state index contributed by atoms with van der Waals surface area (Å²) in [5.74, 6) is -1.20. The maximum atomic E-state index is 12.9. The Morgan fingerprint density at radius 3 is 2.39 bits per heavy atom. The first-order chi connectivity index (χ1) is 13.3. The van der Waals surface area contributed by atoms with Crippen LogP contribution in [0, 0.1) is 30.6 Å². The number of carboxylic acid groups (broad SMARTS) is 1. The summed E-state index contributed by atoms with van der Waals surface area (Å²) in [5, 5.41) is 13.1. The van der Waals surface area contributed by atoms with Gasteiger partial charge in [0.2, 0.25) is 5.91 Å². The number of nitrogens with zero attached hydrogens (tertiary/aromatic N) is 1. The van der Waals surface area contributed by atoms with E-state index < -0.39 is 17.8 Å². The lowest BCUT2D eigenvalue weighted by atomic mass is 9.79. The number of amides is 1. The fraction of sp³-hybridized carbons (Fsp3) is 0.500. The van der Waals surface area contributed by atoms with Crippen LogP contribution in [0.5, 0.6) is 0 Å². The predicted octanol–water partition coefficient (Wildman–Crippen LogP) is 4.93. The maximum Gasteiger partial charge on any atom is 0.307 e. The first-order valence-corrected chi connectivity index (χ1v) is 10.8. The van der Waals surface area contributed by atoms with Crippen molar-refractivity contribution in [2.45, 2.75) is 46.0 Å². The molecule has 2 N–H and O–H groups in total. The first-order valence-electron chi connectivity index (χ1n) is 9.96. The molecule has 28 heavy (non-hydrogen) atoms. The molecular formula is C22H26N2O3S. The third kappa shape index (κ3) is 3.34. The quantitative estimate of drug-likeness (QED) is 0.749. The van der Waals surface area contributed by atoms with Crippen molar-refractivity contribution < 1.29 is 14.7 Å². The van der Waals surface area contributed by atoms with Crippen LogP contribution in [0.3, 0.4) is 0 Å². The van der Waals surface area contributed by atoms with Crippen LogP contribution in [-0.4, -0.2) is 22.0 Å². The van der Waals surface area contributed by atoms with Crippen LogP contribution in [0.1, 0.15) is 49.5 Å². The largest absolute Gasteiger partial charge is 0.481 e. The van der Waals surface area contributed by atoms with Gasteiger partial charge in [0.15, 0.2) is 5.13 Å². The maximum absolute atomic E-state index is 12.9. The second kappa shape index (κ2) is 7.32. The fourth-order valence-corrected chi connectivity index (χ4v) is 5.79. The summed E-state index contributed by atoms with van der Waals surface area (Å²) in [6.45, 7) is 6.32. The van der Waals surface area contributed by atoms with Crippen LogP contribution < -0.4 is 5.32 Å². The molecule has 1 amide bonds. The summed E-state index contributed by atoms with van der Waals surface area (Å²) in [5.41, 5.74) is 3.18. The number of fused-ring (bicyclic) bond motifs is 2. The Morgan fingerprint density at radius 1 is 1.14 bits per heavy atom. The van der Waals surface area contributed by atoms with E-state index in [1.807, 2.05) is 6.92 Å². The van der Waals surface area contributed by atoms with Crippen LogP contribution in [0.15, 0.2) is 24.3 Å². The lowest BCUT2D eigenvalue weighted by Gasteiger charge is -2.26. The SMILES string of the molecule is Cc1sc(NC(=O)[C@@H]2[C@H]3CC[C@@H](C3)[C@@H]2C(=O)O)nc1-c1ccc(C(C)C)cc1. The zero-order valence-corrected chi connectivity index (χ0v) is 17.3. The van der Waals surface area contributed by atoms with E-state index in [-0.39, 0.29) is 17.7 Å². The normalized spacial score (nSPS) is 26.0. The zero-order chi connectivity index (χ0) is 20.0. The Balaban J connectivity index is 1.52. The molecule has 2 aromatic rings. The van der Waals surface area contributed by atoms with Crippen LogP contribution in [0.25, 0.3) is 11.3 Å². The fourth-order valence-electron chi connectivity index (χ4n) is 4.96. The van der Waals surface area contributed by atoms with Crippen molar-refractivity contribution in [1.82, 2.24) is 4.98 Å². The zero-order valence-electron chi connectivity index (χ0n) is 16.4. The second-order valence-corrected chi connectivity index (χ2v) is 9.62. The molecule has 4 atom stereocenters. The molecule has 1 aromatic heterocycles. The topological polar surface area (TPSA) is 79.3 Å². The van der Waals surface area contributed by atoms with Gasteiger partial charge in [-0.15, -0.1) is 11.3 Å². The average Bonchev–Trinajstić information content (AvgIpc) is 3.35. The van der Waals surface area contributed by atoms with Crippen molar-refractivity contribution in [2.75, 3.05) is 5.32 Å². The van der Waals surface area contributed by atoms with E-state index in [1.54, 1.807) is 0 Å². The molecule has 1 aromatic carbocycles. The van der Waals surface area contributed by atoms with E-state index in [4.69, 9.17) is 0 Å². The number of aryl methyl sites for hydroxylation is 1. The Morgan fingerprint density at radius 2 is 1.79 bits per heavy atom. The van der Waals surface area contributed by atoms with Gasteiger partial charge in [0, 0.05) is 10.4 Å². The van der Waals surface area contributed by atoms with E-state index in [0.29, 0.717) is 11.0 Å². The van der Waals surface area contributed by atoms with Gasteiger partial charge in [0.05, 0.1) is 17.5 Å². The number of hydrogen-bond acceptors (Lipinski definition) is 4. The van der Waals surface area contributed by atoms with Gasteiger partial charge in [-0.2, -0.15) is 0 Å². The van der Waals surface area contributed by atoms with Crippen molar-refractivity contribution >= 4 is 28.3 Å². The summed E-state index contributed by atoms with van der Waals surface area (Å²) in [4.78, 5) is 30.2. The summed E-state index contributed by atoms with van der Waals surface area (Å²) < 4.78 is 0. The number of hydrogen-bond donors (Lipinski definition) is 2. The van der Waals surface area contributed by atoms with Crippen LogP contribution in [-0.2, 0) is 9.59 Å². The van der Waals surface area contributed by atoms with Gasteiger partial charge in [0.1, 0.15) is 0 Å². The number of carbonyl (C=O) groups is 2. The van der Waals surface area contributed by atoms with E-state index in [1.165, 1.54) is 16.9 Å². The first kappa shape index (κ1) is 19.1. The Kier molecular flexibility index (Phi) is 5.00. The molecule has 4 rings (SSSR count). The molecule has 148 valence electrons. The van der Waals surface area contributed by atoms with Crippen molar-refractivity contribution in [2.24, 2.45) is 23.7 Å². The molecule has 5 nitrogen and oxygen atoms in total. The minimum Gasteiger partial charge on any atom is -0.481 e. The number of rotatable bonds is 5. The van der Waals surface area contributed by atoms with Gasteiger partial charge in [-0.25, -0.2) is 4.98 Å². The summed E-state index contributed by atoms with van der Waals surface area (Å²) in [6.07, 6.45) is 2.74. The minimum atomic E-state index is -0.839. The molecule has 2 aliphatic rings. The molecule has 0 spiro atoms. The third-order valence-corrected chi connectivity index (χ3v) is 7.27. The summed E-state index contributed by atoms with van der Waals surface area (Å²) in [7, 11) is 0. The van der Waals surface area contributed by atoms with Crippen molar-refractivity contribution in [1.29, 1.82) is 0 Å². The monoisotopic (exact) mass is 398 g/mol. The molecule has 2 fully saturated rings. The molecule has 0 radical (unpaired) electrons. The molecular weight excluding hydrogens is 372 g/mol. The number of anilines is 1. The predicted molar refractivity (Wildman–Crippen MR) is 110 cm³/mol.